The minimum atomic E-state index is -2.86. The molecule has 0 aliphatic heterocycles. The summed E-state index contributed by atoms with van der Waals surface area (Å²) in [5.41, 5.74) is 0.0928. The zero-order valence-corrected chi connectivity index (χ0v) is 17.7. The second kappa shape index (κ2) is 7.49. The molecule has 3 N–H and O–H groups in total. The van der Waals surface area contributed by atoms with E-state index in [0.29, 0.717) is 11.6 Å². The van der Waals surface area contributed by atoms with E-state index in [-0.39, 0.29) is 27.1 Å². The molecular weight excluding hydrogens is 408 g/mol. The number of hydrogen-bond donors (Lipinski definition) is 4. The maximum absolute atomic E-state index is 11.1. The van der Waals surface area contributed by atoms with Crippen LogP contribution in [-0.4, -0.2) is 22.3 Å². The van der Waals surface area contributed by atoms with Crippen LogP contribution < -0.4 is 10.6 Å². The Morgan fingerprint density at radius 2 is 1.93 bits per heavy atom. The van der Waals surface area contributed by atoms with Crippen molar-refractivity contribution in [1.82, 2.24) is 8.75 Å². The van der Waals surface area contributed by atoms with Gasteiger partial charge in [-0.05, 0) is 24.5 Å². The maximum atomic E-state index is 11.1. The first-order valence-electron chi connectivity index (χ1n) is 8.04. The van der Waals surface area contributed by atoms with Crippen LogP contribution in [0.4, 0.5) is 17.3 Å². The van der Waals surface area contributed by atoms with Crippen molar-refractivity contribution in [2.45, 2.75) is 37.9 Å². The van der Waals surface area contributed by atoms with Crippen LogP contribution in [0.15, 0.2) is 26.1 Å². The molecule has 0 spiro atoms. The first kappa shape index (κ1) is 19.6. The monoisotopic (exact) mass is 428 g/mol. The van der Waals surface area contributed by atoms with E-state index < -0.39 is 10.7 Å². The van der Waals surface area contributed by atoms with Crippen molar-refractivity contribution in [2.24, 2.45) is 5.41 Å². The molecule has 146 valence electrons. The minimum absolute atomic E-state index is 0.0937. The van der Waals surface area contributed by atoms with Crippen molar-refractivity contribution in [3.8, 4) is 5.75 Å². The first-order chi connectivity index (χ1) is 12.7. The van der Waals surface area contributed by atoms with Gasteiger partial charge in [0.2, 0.25) is 0 Å². The van der Waals surface area contributed by atoms with Gasteiger partial charge >= 0.3 is 0 Å². The van der Waals surface area contributed by atoms with Gasteiger partial charge in [-0.25, -0.2) is 8.42 Å². The quantitative estimate of drug-likeness (QED) is 0.433. The highest BCUT2D eigenvalue weighted by atomic mass is 32.2. The number of furan rings is 1. The van der Waals surface area contributed by atoms with Crippen molar-refractivity contribution in [3.63, 3.8) is 0 Å². The molecule has 0 fully saturated rings. The lowest BCUT2D eigenvalue weighted by molar-refractivity contribution is 0.300. The molecule has 0 unspecified atom stereocenters. The van der Waals surface area contributed by atoms with Gasteiger partial charge in [-0.2, -0.15) is 8.75 Å². The van der Waals surface area contributed by atoms with Crippen LogP contribution in [0.2, 0.25) is 0 Å². The smallest absolute Gasteiger partial charge is 0.188 e. The summed E-state index contributed by atoms with van der Waals surface area (Å²) in [6, 6.07) is 3.66. The second-order valence-corrected chi connectivity index (χ2v) is 9.71. The van der Waals surface area contributed by atoms with E-state index >= 15 is 0 Å². The molecule has 27 heavy (non-hydrogen) atoms. The number of aromatic nitrogens is 2. The molecule has 8 nitrogen and oxygen atoms in total. The zero-order valence-electron chi connectivity index (χ0n) is 15.1. The van der Waals surface area contributed by atoms with E-state index in [1.54, 1.807) is 0 Å². The highest BCUT2D eigenvalue weighted by Gasteiger charge is 2.30. The largest absolute Gasteiger partial charge is 0.504 e. The van der Waals surface area contributed by atoms with Crippen molar-refractivity contribution >= 4 is 51.1 Å². The molecule has 0 bridgehead atoms. The zero-order chi connectivity index (χ0) is 19.8. The summed E-state index contributed by atoms with van der Waals surface area (Å²) in [7, 11) is -2.86. The Labute approximate surface area is 166 Å². The average Bonchev–Trinajstić information content (AvgIpc) is 3.26. The summed E-state index contributed by atoms with van der Waals surface area (Å²) < 4.78 is 36.5. The number of aryl methyl sites for hydroxylation is 1. The van der Waals surface area contributed by atoms with Crippen LogP contribution in [0.3, 0.4) is 0 Å². The summed E-state index contributed by atoms with van der Waals surface area (Å²) in [6.07, 6.45) is 0. The summed E-state index contributed by atoms with van der Waals surface area (Å²) in [4.78, 5) is 0. The maximum Gasteiger partial charge on any atom is 0.188 e. The number of nitrogens with one attached hydrogen (secondary N) is 2. The summed E-state index contributed by atoms with van der Waals surface area (Å²) >= 11 is 1.95. The second-order valence-electron chi connectivity index (χ2n) is 7.04. The fourth-order valence-electron chi connectivity index (χ4n) is 2.51. The lowest BCUT2D eigenvalue weighted by Gasteiger charge is -2.30. The normalized spacial score (nSPS) is 13.1. The molecule has 11 heteroatoms. The summed E-state index contributed by atoms with van der Waals surface area (Å²) in [5.74, 6) is 2.18. The Kier molecular flexibility index (Phi) is 5.45. The Bertz CT molecular complexity index is 1010. The first-order valence-corrected chi connectivity index (χ1v) is 10.8. The molecular formula is C16H20N4O4S3. The number of nitrogens with zero attached hydrogens (tertiary/aromatic N) is 2. The van der Waals surface area contributed by atoms with Gasteiger partial charge < -0.3 is 20.2 Å². The molecule has 1 atom stereocenters. The minimum Gasteiger partial charge on any atom is -0.504 e. The van der Waals surface area contributed by atoms with E-state index in [4.69, 9.17) is 4.42 Å². The molecule has 0 aliphatic rings. The van der Waals surface area contributed by atoms with Crippen molar-refractivity contribution in [3.05, 3.63) is 29.0 Å². The highest BCUT2D eigenvalue weighted by Crippen LogP contribution is 2.40. The van der Waals surface area contributed by atoms with E-state index in [1.807, 2.05) is 19.1 Å². The average molecular weight is 429 g/mol. The van der Waals surface area contributed by atoms with Crippen molar-refractivity contribution < 1.29 is 17.9 Å². The van der Waals surface area contributed by atoms with Gasteiger partial charge in [-0.3, -0.25) is 0 Å². The summed E-state index contributed by atoms with van der Waals surface area (Å²) in [6.45, 7) is 8.13. The van der Waals surface area contributed by atoms with Gasteiger partial charge in [0.1, 0.15) is 11.5 Å². The third-order valence-electron chi connectivity index (χ3n) is 3.85. The van der Waals surface area contributed by atoms with Crippen LogP contribution in [0.25, 0.3) is 0 Å². The van der Waals surface area contributed by atoms with Crippen molar-refractivity contribution in [2.75, 3.05) is 10.6 Å². The standard InChI is InChI=1S/C16H20N4O4S3/c1-8-5-6-10(24-8)12(16(2,3)4)18-14-13(19-26-20-14)17-9-7-25-15(11(9)21)27(22)23/h5-7,12,21,27H,1-4H3,(H,17,19)(H,18,20)/t12-/m0/s1. The third kappa shape index (κ3) is 4.25. The van der Waals surface area contributed by atoms with Crippen LogP contribution in [0, 0.1) is 12.3 Å². The number of hydrogen-bond acceptors (Lipinski definition) is 10. The Hall–Kier alpha value is -2.11. The molecule has 0 saturated carbocycles. The number of rotatable bonds is 6. The van der Waals surface area contributed by atoms with Gasteiger partial charge in [-0.1, -0.05) is 20.8 Å². The van der Waals surface area contributed by atoms with Gasteiger partial charge in [-0.15, -0.1) is 11.3 Å². The molecule has 3 aromatic heterocycles. The number of thiophene rings is 1. The third-order valence-corrected chi connectivity index (χ3v) is 6.45. The molecule has 3 heterocycles. The topological polar surface area (TPSA) is 117 Å². The van der Waals surface area contributed by atoms with Crippen LogP contribution in [0.1, 0.15) is 38.3 Å². The molecule has 0 radical (unpaired) electrons. The van der Waals surface area contributed by atoms with E-state index in [1.165, 1.54) is 5.38 Å². The Morgan fingerprint density at radius 1 is 1.22 bits per heavy atom. The Morgan fingerprint density at radius 3 is 2.48 bits per heavy atom. The predicted octanol–water partition coefficient (Wildman–Crippen LogP) is 4.12. The van der Waals surface area contributed by atoms with Gasteiger partial charge in [0.25, 0.3) is 0 Å². The fraction of sp³-hybridized carbons (Fsp3) is 0.375. The molecule has 0 saturated heterocycles. The predicted molar refractivity (Wildman–Crippen MR) is 107 cm³/mol. The molecule has 0 aromatic carbocycles. The van der Waals surface area contributed by atoms with E-state index in [0.717, 1.165) is 34.6 Å². The summed E-state index contributed by atoms with van der Waals surface area (Å²) in [5, 5.41) is 17.9. The van der Waals surface area contributed by atoms with Crippen LogP contribution >= 0.6 is 23.1 Å². The van der Waals surface area contributed by atoms with E-state index in [2.05, 4.69) is 40.2 Å². The van der Waals surface area contributed by atoms with Crippen LogP contribution in [-0.2, 0) is 10.7 Å². The van der Waals surface area contributed by atoms with Crippen LogP contribution in [0.5, 0.6) is 5.75 Å². The fourth-order valence-corrected chi connectivity index (χ4v) is 4.41. The number of anilines is 3. The van der Waals surface area contributed by atoms with E-state index in [9.17, 15) is 13.5 Å². The highest BCUT2D eigenvalue weighted by molar-refractivity contribution is 7.75. The van der Waals surface area contributed by atoms with Gasteiger partial charge in [0, 0.05) is 5.38 Å². The SMILES string of the molecule is Cc1ccc([C@H](Nc2nsnc2Nc2csc([SH](=O)=O)c2O)C(C)(C)C)o1. The number of aromatic hydroxyl groups is 1. The molecule has 3 aromatic rings. The molecule has 0 aliphatic carbocycles. The Balaban J connectivity index is 1.88. The molecule has 0 amide bonds. The lowest BCUT2D eigenvalue weighted by atomic mass is 9.85. The molecule has 3 rings (SSSR count). The van der Waals surface area contributed by atoms with Gasteiger partial charge in [0.05, 0.1) is 23.5 Å². The van der Waals surface area contributed by atoms with Gasteiger partial charge in [0.15, 0.2) is 32.3 Å². The lowest BCUT2D eigenvalue weighted by Crippen LogP contribution is -2.25. The van der Waals surface area contributed by atoms with Crippen molar-refractivity contribution in [1.29, 1.82) is 0 Å². The number of thiol groups is 1.